The molecule has 5 nitrogen and oxygen atoms in total. The fourth-order valence-corrected chi connectivity index (χ4v) is 2.49. The Labute approximate surface area is 152 Å². The van der Waals surface area contributed by atoms with Gasteiger partial charge in [0.15, 0.2) is 0 Å². The number of hydrogen-bond acceptors (Lipinski definition) is 5. The summed E-state index contributed by atoms with van der Waals surface area (Å²) in [6.07, 6.45) is 1.00. The second-order valence-corrected chi connectivity index (χ2v) is 6.10. The van der Waals surface area contributed by atoms with Crippen LogP contribution in [0.5, 0.6) is 5.75 Å². The first kappa shape index (κ1) is 18.1. The van der Waals surface area contributed by atoms with E-state index in [4.69, 9.17) is 9.26 Å². The van der Waals surface area contributed by atoms with Crippen molar-refractivity contribution >= 4 is 0 Å². The molecule has 0 aliphatic carbocycles. The van der Waals surface area contributed by atoms with Crippen molar-refractivity contribution in [2.24, 2.45) is 0 Å². The third-order valence-electron chi connectivity index (χ3n) is 4.05. The van der Waals surface area contributed by atoms with Crippen molar-refractivity contribution in [1.82, 2.24) is 15.0 Å². The smallest absolute Gasteiger partial charge is 0.241 e. The van der Waals surface area contributed by atoms with Crippen molar-refractivity contribution in [2.45, 2.75) is 19.9 Å². The van der Waals surface area contributed by atoms with Crippen molar-refractivity contribution in [2.75, 3.05) is 20.2 Å². The van der Waals surface area contributed by atoms with Gasteiger partial charge in [-0.1, -0.05) is 36.3 Å². The second kappa shape index (κ2) is 8.58. The Hall–Kier alpha value is -2.73. The normalized spacial score (nSPS) is 11.1. The van der Waals surface area contributed by atoms with Crippen LogP contribution >= 0.6 is 0 Å². The number of benzene rings is 2. The number of likely N-dealkylation sites (N-methyl/N-ethyl adjacent to an activating group) is 1. The summed E-state index contributed by atoms with van der Waals surface area (Å²) >= 11 is 0. The number of halogens is 1. The highest BCUT2D eigenvalue weighted by atomic mass is 19.1. The molecule has 3 rings (SSSR count). The third kappa shape index (κ3) is 4.89. The molecule has 0 spiro atoms. The summed E-state index contributed by atoms with van der Waals surface area (Å²) in [7, 11) is 1.95. The summed E-state index contributed by atoms with van der Waals surface area (Å²) in [5.41, 5.74) is 2.22. The standard InChI is InChI=1S/C20H22FN3O2/c1-3-15-4-6-16(7-5-15)20-22-19(26-23-20)14-24(2)12-13-25-18-10-8-17(21)9-11-18/h4-11H,3,12-14H2,1-2H3. The first-order chi connectivity index (χ1) is 12.6. The number of hydrogen-bond donors (Lipinski definition) is 0. The van der Waals surface area contributed by atoms with Gasteiger partial charge >= 0.3 is 0 Å². The predicted octanol–water partition coefficient (Wildman–Crippen LogP) is 3.95. The van der Waals surface area contributed by atoms with E-state index in [1.807, 2.05) is 24.1 Å². The van der Waals surface area contributed by atoms with E-state index in [0.717, 1.165) is 12.0 Å². The Bertz CT molecular complexity index is 816. The lowest BCUT2D eigenvalue weighted by atomic mass is 10.1. The van der Waals surface area contributed by atoms with E-state index in [2.05, 4.69) is 29.2 Å². The fraction of sp³-hybridized carbons (Fsp3) is 0.300. The Morgan fingerprint density at radius 3 is 2.50 bits per heavy atom. The Morgan fingerprint density at radius 1 is 1.08 bits per heavy atom. The van der Waals surface area contributed by atoms with Crippen molar-refractivity contribution < 1.29 is 13.7 Å². The average Bonchev–Trinajstić information content (AvgIpc) is 3.12. The van der Waals surface area contributed by atoms with Gasteiger partial charge in [-0.2, -0.15) is 4.98 Å². The molecule has 136 valence electrons. The number of rotatable bonds is 8. The fourth-order valence-electron chi connectivity index (χ4n) is 2.49. The van der Waals surface area contributed by atoms with Crippen LogP contribution in [0.4, 0.5) is 4.39 Å². The molecule has 0 bridgehead atoms. The first-order valence-corrected chi connectivity index (χ1v) is 8.63. The van der Waals surface area contributed by atoms with E-state index in [9.17, 15) is 4.39 Å². The number of ether oxygens (including phenoxy) is 1. The Morgan fingerprint density at radius 2 is 1.81 bits per heavy atom. The summed E-state index contributed by atoms with van der Waals surface area (Å²) in [6, 6.07) is 14.2. The van der Waals surface area contributed by atoms with Crippen LogP contribution in [0.1, 0.15) is 18.4 Å². The van der Waals surface area contributed by atoms with Crippen molar-refractivity contribution in [1.29, 1.82) is 0 Å². The average molecular weight is 355 g/mol. The van der Waals surface area contributed by atoms with Gasteiger partial charge in [-0.05, 0) is 43.3 Å². The van der Waals surface area contributed by atoms with Crippen LogP contribution in [-0.2, 0) is 13.0 Å². The highest BCUT2D eigenvalue weighted by Gasteiger charge is 2.11. The van der Waals surface area contributed by atoms with Crippen LogP contribution in [0, 0.1) is 5.82 Å². The van der Waals surface area contributed by atoms with Crippen molar-refractivity contribution in [3.05, 3.63) is 65.8 Å². The zero-order chi connectivity index (χ0) is 18.4. The van der Waals surface area contributed by atoms with E-state index in [-0.39, 0.29) is 5.82 Å². The number of nitrogens with zero attached hydrogens (tertiary/aromatic N) is 3. The monoisotopic (exact) mass is 355 g/mol. The van der Waals surface area contributed by atoms with Gasteiger partial charge in [0.05, 0.1) is 6.54 Å². The molecular formula is C20H22FN3O2. The zero-order valence-electron chi connectivity index (χ0n) is 15.0. The van der Waals surface area contributed by atoms with Gasteiger partial charge in [0, 0.05) is 12.1 Å². The largest absolute Gasteiger partial charge is 0.492 e. The zero-order valence-corrected chi connectivity index (χ0v) is 15.0. The molecule has 0 aliphatic heterocycles. The van der Waals surface area contributed by atoms with Gasteiger partial charge in [0.1, 0.15) is 18.2 Å². The predicted molar refractivity (Wildman–Crippen MR) is 97.3 cm³/mol. The molecule has 26 heavy (non-hydrogen) atoms. The summed E-state index contributed by atoms with van der Waals surface area (Å²) in [5, 5.41) is 4.05. The van der Waals surface area contributed by atoms with E-state index in [1.54, 1.807) is 12.1 Å². The van der Waals surface area contributed by atoms with Crippen molar-refractivity contribution in [3.8, 4) is 17.1 Å². The summed E-state index contributed by atoms with van der Waals surface area (Å²) in [5.74, 6) is 1.53. The molecule has 0 saturated heterocycles. The lowest BCUT2D eigenvalue weighted by Crippen LogP contribution is -2.24. The number of aromatic nitrogens is 2. The van der Waals surface area contributed by atoms with Crippen LogP contribution in [0.3, 0.4) is 0 Å². The van der Waals surface area contributed by atoms with Gasteiger partial charge in [-0.25, -0.2) is 4.39 Å². The molecule has 0 unspecified atom stereocenters. The van der Waals surface area contributed by atoms with E-state index < -0.39 is 0 Å². The molecule has 0 aliphatic rings. The molecule has 0 fully saturated rings. The van der Waals surface area contributed by atoms with Gasteiger partial charge in [0.25, 0.3) is 0 Å². The van der Waals surface area contributed by atoms with Gasteiger partial charge in [0.2, 0.25) is 11.7 Å². The molecule has 0 N–H and O–H groups in total. The van der Waals surface area contributed by atoms with Crippen LogP contribution in [0.25, 0.3) is 11.4 Å². The minimum Gasteiger partial charge on any atom is -0.492 e. The molecule has 6 heteroatoms. The highest BCUT2D eigenvalue weighted by molar-refractivity contribution is 5.54. The second-order valence-electron chi connectivity index (χ2n) is 6.10. The molecule has 1 heterocycles. The van der Waals surface area contributed by atoms with Crippen LogP contribution in [0.2, 0.25) is 0 Å². The minimum absolute atomic E-state index is 0.272. The van der Waals surface area contributed by atoms with Crippen LogP contribution in [0.15, 0.2) is 53.1 Å². The molecule has 0 amide bonds. The van der Waals surface area contributed by atoms with Crippen LogP contribution < -0.4 is 4.74 Å². The Balaban J connectivity index is 1.49. The lowest BCUT2D eigenvalue weighted by Gasteiger charge is -2.14. The van der Waals surface area contributed by atoms with E-state index in [1.165, 1.54) is 17.7 Å². The van der Waals surface area contributed by atoms with Crippen LogP contribution in [-0.4, -0.2) is 35.2 Å². The summed E-state index contributed by atoms with van der Waals surface area (Å²) < 4.78 is 23.8. The number of aryl methyl sites for hydroxylation is 1. The molecule has 3 aromatic rings. The molecule has 2 aromatic carbocycles. The molecule has 0 atom stereocenters. The summed E-state index contributed by atoms with van der Waals surface area (Å²) in [6.45, 7) is 3.83. The van der Waals surface area contributed by atoms with Gasteiger partial charge in [-0.3, -0.25) is 4.90 Å². The lowest BCUT2D eigenvalue weighted by molar-refractivity contribution is 0.212. The maximum absolute atomic E-state index is 12.9. The minimum atomic E-state index is -0.272. The van der Waals surface area contributed by atoms with Crippen molar-refractivity contribution in [3.63, 3.8) is 0 Å². The molecule has 0 saturated carbocycles. The van der Waals surface area contributed by atoms with E-state index in [0.29, 0.717) is 37.2 Å². The first-order valence-electron chi connectivity index (χ1n) is 8.63. The Kier molecular flexibility index (Phi) is 5.96. The maximum atomic E-state index is 12.9. The quantitative estimate of drug-likeness (QED) is 0.612. The molecular weight excluding hydrogens is 333 g/mol. The van der Waals surface area contributed by atoms with Gasteiger partial charge < -0.3 is 9.26 Å². The summed E-state index contributed by atoms with van der Waals surface area (Å²) in [4.78, 5) is 6.48. The maximum Gasteiger partial charge on any atom is 0.241 e. The SMILES string of the molecule is CCc1ccc(-c2noc(CN(C)CCOc3ccc(F)cc3)n2)cc1. The van der Waals surface area contributed by atoms with Gasteiger partial charge in [-0.15, -0.1) is 0 Å². The molecule has 1 aromatic heterocycles. The third-order valence-corrected chi connectivity index (χ3v) is 4.05. The van der Waals surface area contributed by atoms with E-state index >= 15 is 0 Å². The molecule has 0 radical (unpaired) electrons. The highest BCUT2D eigenvalue weighted by Crippen LogP contribution is 2.17. The topological polar surface area (TPSA) is 51.4 Å².